The molecular formula is C16H14Cl4N5O+. The Morgan fingerprint density at radius 3 is 2.69 bits per heavy atom. The molecule has 1 unspecified atom stereocenters. The molecule has 26 heavy (non-hydrogen) atoms. The Bertz CT molecular complexity index is 1140. The number of halogens is 4. The minimum Gasteiger partial charge on any atom is -0.246 e. The summed E-state index contributed by atoms with van der Waals surface area (Å²) < 4.78 is 3.12. The highest BCUT2D eigenvalue weighted by molar-refractivity contribution is 6.45. The molecule has 0 spiro atoms. The molecule has 10 heteroatoms. The number of fused-ring (bicyclic) bond motifs is 3. The Morgan fingerprint density at radius 1 is 1.27 bits per heavy atom. The van der Waals surface area contributed by atoms with Crippen LogP contribution in [-0.4, -0.2) is 16.4 Å². The lowest BCUT2D eigenvalue weighted by Crippen LogP contribution is -2.59. The van der Waals surface area contributed by atoms with Crippen LogP contribution >= 0.6 is 47.2 Å². The van der Waals surface area contributed by atoms with Gasteiger partial charge >= 0.3 is 5.69 Å². The zero-order chi connectivity index (χ0) is 17.9. The van der Waals surface area contributed by atoms with Crippen molar-refractivity contribution in [1.82, 2.24) is 4.57 Å². The van der Waals surface area contributed by atoms with Crippen molar-refractivity contribution in [2.45, 2.75) is 25.9 Å². The van der Waals surface area contributed by atoms with Crippen molar-refractivity contribution in [3.63, 3.8) is 0 Å². The van der Waals surface area contributed by atoms with Crippen LogP contribution in [0.5, 0.6) is 0 Å². The maximum Gasteiger partial charge on any atom is 0.444 e. The third-order valence-corrected chi connectivity index (χ3v) is 5.37. The fourth-order valence-corrected chi connectivity index (χ4v) is 3.67. The maximum absolute atomic E-state index is 12.6. The predicted octanol–water partition coefficient (Wildman–Crippen LogP) is 2.18. The normalized spacial score (nSPS) is 17.0. The monoisotopic (exact) mass is 432 g/mol. The Morgan fingerprint density at radius 2 is 2.00 bits per heavy atom. The van der Waals surface area contributed by atoms with E-state index in [1.165, 1.54) is 4.57 Å². The van der Waals surface area contributed by atoms with E-state index in [9.17, 15) is 4.79 Å². The first-order valence-electron chi connectivity index (χ1n) is 7.73. The van der Waals surface area contributed by atoms with Crippen LogP contribution in [0.1, 0.15) is 18.9 Å². The van der Waals surface area contributed by atoms with Crippen LogP contribution in [0.15, 0.2) is 31.9 Å². The average Bonchev–Trinajstić information content (AvgIpc) is 3.20. The maximum atomic E-state index is 12.6. The van der Waals surface area contributed by atoms with Crippen molar-refractivity contribution in [3.8, 4) is 0 Å². The van der Waals surface area contributed by atoms with E-state index in [-0.39, 0.29) is 24.1 Å². The van der Waals surface area contributed by atoms with Crippen LogP contribution in [0.3, 0.4) is 0 Å². The lowest BCUT2D eigenvalue weighted by molar-refractivity contribution is -0.678. The second-order valence-corrected chi connectivity index (χ2v) is 7.16. The summed E-state index contributed by atoms with van der Waals surface area (Å²) in [6.45, 7) is 2.60. The number of aromatic nitrogens is 2. The molecule has 0 bridgehead atoms. The van der Waals surface area contributed by atoms with Gasteiger partial charge in [0.2, 0.25) is 16.7 Å². The molecular weight excluding hydrogens is 420 g/mol. The molecule has 0 amide bonds. The first-order valence-corrected chi connectivity index (χ1v) is 8.87. The quantitative estimate of drug-likeness (QED) is 0.528. The van der Waals surface area contributed by atoms with E-state index in [0.29, 0.717) is 49.7 Å². The molecule has 0 saturated heterocycles. The lowest BCUT2D eigenvalue weighted by Gasteiger charge is -2.02. The topological polar surface area (TPSA) is 63.0 Å². The van der Waals surface area contributed by atoms with Gasteiger partial charge in [0.1, 0.15) is 0 Å². The zero-order valence-corrected chi connectivity index (χ0v) is 16.9. The van der Waals surface area contributed by atoms with Crippen LogP contribution in [0.25, 0.3) is 0 Å². The van der Waals surface area contributed by atoms with Crippen molar-refractivity contribution < 1.29 is 4.57 Å². The SMILES string of the molecule is CCC1Cn2c(c3c([n+](C)c2=O)N=C(c2cc(Cl)cc(Cl)c2Cl)N=3)=N1.Cl. The van der Waals surface area contributed by atoms with Gasteiger partial charge in [0.05, 0.1) is 35.2 Å². The molecule has 0 aliphatic carbocycles. The van der Waals surface area contributed by atoms with Crippen LogP contribution in [0, 0.1) is 0 Å². The molecule has 0 fully saturated rings. The Hall–Kier alpha value is -1.47. The molecule has 1 aromatic heterocycles. The number of hydrogen-bond donors (Lipinski definition) is 0. The van der Waals surface area contributed by atoms with Crippen molar-refractivity contribution >= 4 is 58.9 Å². The molecule has 136 valence electrons. The van der Waals surface area contributed by atoms with Gasteiger partial charge in [-0.05, 0) is 18.6 Å². The number of rotatable bonds is 2. The second-order valence-electron chi connectivity index (χ2n) is 5.94. The molecule has 1 aromatic carbocycles. The van der Waals surface area contributed by atoms with Gasteiger partial charge in [-0.3, -0.25) is 0 Å². The molecule has 6 nitrogen and oxygen atoms in total. The van der Waals surface area contributed by atoms with E-state index >= 15 is 0 Å². The summed E-state index contributed by atoms with van der Waals surface area (Å²) in [7, 11) is 1.67. The van der Waals surface area contributed by atoms with Crippen molar-refractivity contribution in [2.75, 3.05) is 0 Å². The first-order chi connectivity index (χ1) is 11.9. The number of nitrogens with zero attached hydrogens (tertiary/aromatic N) is 5. The third-order valence-electron chi connectivity index (χ3n) is 4.35. The Labute approximate surface area is 169 Å². The lowest BCUT2D eigenvalue weighted by atomic mass is 10.2. The average molecular weight is 434 g/mol. The zero-order valence-electron chi connectivity index (χ0n) is 13.8. The van der Waals surface area contributed by atoms with E-state index in [2.05, 4.69) is 15.0 Å². The van der Waals surface area contributed by atoms with Crippen molar-refractivity contribution in [3.05, 3.63) is 54.1 Å². The van der Waals surface area contributed by atoms with Gasteiger partial charge in [-0.25, -0.2) is 19.3 Å². The molecule has 4 rings (SSSR count). The fraction of sp³-hybridized carbons (Fsp3) is 0.312. The summed E-state index contributed by atoms with van der Waals surface area (Å²) >= 11 is 18.5. The summed E-state index contributed by atoms with van der Waals surface area (Å²) in [5.74, 6) is 0.822. The van der Waals surface area contributed by atoms with Gasteiger partial charge in [0, 0.05) is 5.02 Å². The second kappa shape index (κ2) is 6.93. The molecule has 2 aliphatic heterocycles. The molecule has 3 heterocycles. The van der Waals surface area contributed by atoms with E-state index in [1.807, 2.05) is 6.92 Å². The Kier molecular flexibility index (Phi) is 5.14. The minimum atomic E-state index is -0.163. The van der Waals surface area contributed by atoms with E-state index < -0.39 is 0 Å². The number of benzene rings is 1. The summed E-state index contributed by atoms with van der Waals surface area (Å²) in [6.07, 6.45) is 0.850. The van der Waals surface area contributed by atoms with E-state index in [0.717, 1.165) is 6.42 Å². The molecule has 0 N–H and O–H groups in total. The first kappa shape index (κ1) is 19.3. The summed E-state index contributed by atoms with van der Waals surface area (Å²) in [5.41, 5.74) is 0.920. The Balaban J connectivity index is 0.00000196. The van der Waals surface area contributed by atoms with Gasteiger partial charge in [-0.2, -0.15) is 4.57 Å². The van der Waals surface area contributed by atoms with Crippen molar-refractivity contribution in [2.24, 2.45) is 22.0 Å². The van der Waals surface area contributed by atoms with Crippen LogP contribution in [-0.2, 0) is 13.6 Å². The number of aliphatic imine (C=N–C) groups is 1. The summed E-state index contributed by atoms with van der Waals surface area (Å²) in [4.78, 5) is 26.3. The van der Waals surface area contributed by atoms with Crippen LogP contribution in [0.2, 0.25) is 15.1 Å². The molecule has 2 aromatic rings. The highest BCUT2D eigenvalue weighted by atomic mass is 35.5. The van der Waals surface area contributed by atoms with Gasteiger partial charge in [-0.15, -0.1) is 12.4 Å². The number of hydrogen-bond acceptors (Lipinski definition) is 4. The van der Waals surface area contributed by atoms with Gasteiger partial charge in [0.15, 0.2) is 0 Å². The molecule has 0 saturated carbocycles. The molecule has 1 atom stereocenters. The summed E-state index contributed by atoms with van der Waals surface area (Å²) in [6, 6.07) is 3.28. The van der Waals surface area contributed by atoms with Gasteiger partial charge in [-0.1, -0.05) is 46.7 Å². The fourth-order valence-electron chi connectivity index (χ4n) is 2.99. The van der Waals surface area contributed by atoms with E-state index in [1.54, 1.807) is 23.7 Å². The van der Waals surface area contributed by atoms with Gasteiger partial charge in [0.25, 0.3) is 5.82 Å². The standard InChI is InChI=1S/C16H13Cl3N5O.ClH/c1-3-8-6-24-15(20-8)12-14(23(2)16(24)25)22-13(21-12)9-4-7(17)5-10(18)11(9)19;/h4-5,8H,3,6H2,1-2H3;1H/q+1;. The predicted molar refractivity (Wildman–Crippen MR) is 103 cm³/mol. The minimum absolute atomic E-state index is 0. The largest absolute Gasteiger partial charge is 0.444 e. The smallest absolute Gasteiger partial charge is 0.246 e. The van der Waals surface area contributed by atoms with Gasteiger partial charge < -0.3 is 0 Å². The van der Waals surface area contributed by atoms with E-state index in [4.69, 9.17) is 34.8 Å². The third kappa shape index (κ3) is 2.85. The highest BCUT2D eigenvalue weighted by Gasteiger charge is 2.31. The molecule has 2 aliphatic rings. The van der Waals surface area contributed by atoms with Crippen LogP contribution < -0.4 is 21.1 Å². The summed E-state index contributed by atoms with van der Waals surface area (Å²) in [5, 5.41) is 1.64. The van der Waals surface area contributed by atoms with Crippen molar-refractivity contribution in [1.29, 1.82) is 0 Å². The highest BCUT2D eigenvalue weighted by Crippen LogP contribution is 2.31. The van der Waals surface area contributed by atoms with Crippen LogP contribution in [0.4, 0.5) is 5.82 Å². The number of amidine groups is 1. The molecule has 0 radical (unpaired) electrons.